The van der Waals surface area contributed by atoms with Gasteiger partial charge in [-0.25, -0.2) is 26.3 Å². The molecular weight excluding hydrogens is 486 g/mol. The molecule has 0 radical (unpaired) electrons. The zero-order valence-corrected chi connectivity index (χ0v) is 20.4. The molecule has 0 aliphatic heterocycles. The second-order valence-electron chi connectivity index (χ2n) is 9.15. The molecule has 37 heavy (non-hydrogen) atoms. The highest BCUT2D eigenvalue weighted by atomic mass is 19.2. The van der Waals surface area contributed by atoms with Crippen molar-refractivity contribution in [3.05, 3.63) is 129 Å². The van der Waals surface area contributed by atoms with Crippen LogP contribution in [0.2, 0.25) is 0 Å². The molecule has 0 N–H and O–H groups in total. The van der Waals surface area contributed by atoms with Crippen LogP contribution in [0, 0.1) is 34.9 Å². The quantitative estimate of drug-likeness (QED) is 0.155. The molecule has 0 saturated heterocycles. The fourth-order valence-electron chi connectivity index (χ4n) is 4.39. The predicted octanol–water partition coefficient (Wildman–Crippen LogP) is 8.71. The first kappa shape index (κ1) is 26.5. The van der Waals surface area contributed by atoms with E-state index in [2.05, 4.69) is 6.92 Å². The van der Waals surface area contributed by atoms with Crippen LogP contribution in [0.4, 0.5) is 26.3 Å². The van der Waals surface area contributed by atoms with Crippen molar-refractivity contribution in [3.8, 4) is 11.1 Å². The average Bonchev–Trinajstić information content (AvgIpc) is 2.88. The van der Waals surface area contributed by atoms with E-state index in [9.17, 15) is 26.3 Å². The smallest absolute Gasteiger partial charge is 0.194 e. The predicted molar refractivity (Wildman–Crippen MR) is 133 cm³/mol. The van der Waals surface area contributed by atoms with Gasteiger partial charge in [-0.05, 0) is 83.7 Å². The summed E-state index contributed by atoms with van der Waals surface area (Å²) in [6.07, 6.45) is 3.11. The molecule has 0 amide bonds. The molecule has 0 aliphatic rings. The fraction of sp³-hybridized carbons (Fsp3) is 0.226. The van der Waals surface area contributed by atoms with Gasteiger partial charge in [-0.2, -0.15) is 0 Å². The summed E-state index contributed by atoms with van der Waals surface area (Å²) >= 11 is 0. The van der Waals surface area contributed by atoms with Gasteiger partial charge in [0.05, 0.1) is 0 Å². The maximum atomic E-state index is 14.9. The molecule has 0 aromatic heterocycles. The molecule has 0 heterocycles. The molecular formula is C31H26F6. The summed E-state index contributed by atoms with van der Waals surface area (Å²) in [7, 11) is 0. The topological polar surface area (TPSA) is 0 Å². The summed E-state index contributed by atoms with van der Waals surface area (Å²) in [4.78, 5) is 0. The van der Waals surface area contributed by atoms with Crippen molar-refractivity contribution in [1.82, 2.24) is 0 Å². The first-order valence-electron chi connectivity index (χ1n) is 12.2. The van der Waals surface area contributed by atoms with Gasteiger partial charge in [-0.3, -0.25) is 0 Å². The second-order valence-corrected chi connectivity index (χ2v) is 9.15. The van der Waals surface area contributed by atoms with Gasteiger partial charge in [-0.15, -0.1) is 0 Å². The van der Waals surface area contributed by atoms with Gasteiger partial charge < -0.3 is 0 Å². The van der Waals surface area contributed by atoms with Crippen LogP contribution < -0.4 is 0 Å². The van der Waals surface area contributed by atoms with Gasteiger partial charge in [0.25, 0.3) is 0 Å². The van der Waals surface area contributed by atoms with Crippen LogP contribution in [0.3, 0.4) is 0 Å². The van der Waals surface area contributed by atoms with E-state index in [4.69, 9.17) is 0 Å². The Labute approximate surface area is 212 Å². The molecule has 4 rings (SSSR count). The minimum absolute atomic E-state index is 0.0571. The summed E-state index contributed by atoms with van der Waals surface area (Å²) < 4.78 is 84.4. The molecule has 0 fully saturated rings. The highest BCUT2D eigenvalue weighted by molar-refractivity contribution is 5.65. The molecule has 0 saturated carbocycles. The van der Waals surface area contributed by atoms with Gasteiger partial charge in [0.2, 0.25) is 0 Å². The Morgan fingerprint density at radius 2 is 1.03 bits per heavy atom. The molecule has 0 unspecified atom stereocenters. The number of rotatable bonds is 9. The van der Waals surface area contributed by atoms with Gasteiger partial charge in [0.1, 0.15) is 5.82 Å². The minimum Gasteiger partial charge on any atom is -0.207 e. The van der Waals surface area contributed by atoms with Crippen molar-refractivity contribution in [2.75, 3.05) is 0 Å². The Hall–Kier alpha value is -3.54. The lowest BCUT2D eigenvalue weighted by Gasteiger charge is -2.11. The molecule has 4 aromatic rings. The highest BCUT2D eigenvalue weighted by Crippen LogP contribution is 2.29. The monoisotopic (exact) mass is 512 g/mol. The first-order valence-corrected chi connectivity index (χ1v) is 12.2. The zero-order valence-electron chi connectivity index (χ0n) is 20.4. The van der Waals surface area contributed by atoms with E-state index in [-0.39, 0.29) is 40.7 Å². The maximum Gasteiger partial charge on any atom is 0.194 e. The maximum absolute atomic E-state index is 14.9. The van der Waals surface area contributed by atoms with E-state index >= 15 is 0 Å². The van der Waals surface area contributed by atoms with Crippen LogP contribution >= 0.6 is 0 Å². The van der Waals surface area contributed by atoms with Crippen molar-refractivity contribution in [3.63, 3.8) is 0 Å². The SMILES string of the molecule is CCCc1ccc(CCc2ccc(-c3ccc(CCc4cc(F)c(F)c(F)c4)c(F)c3)c(F)c2F)cc1. The number of halogens is 6. The Balaban J connectivity index is 1.45. The first-order chi connectivity index (χ1) is 17.8. The van der Waals surface area contributed by atoms with Crippen molar-refractivity contribution in [1.29, 1.82) is 0 Å². The van der Waals surface area contributed by atoms with E-state index in [0.29, 0.717) is 12.8 Å². The van der Waals surface area contributed by atoms with E-state index in [0.717, 1.165) is 36.6 Å². The molecule has 6 heteroatoms. The van der Waals surface area contributed by atoms with E-state index in [1.54, 1.807) is 0 Å². The standard InChI is InChI=1S/C31H26F6/c1-2-3-19-4-6-20(7-5-19)8-11-23-14-15-25(30(36)29(23)35)24-13-12-22(26(32)18-24)10-9-21-16-27(33)31(37)28(34)17-21/h4-7,12-18H,2-3,8-11H2,1H3. The molecule has 4 aromatic carbocycles. The Kier molecular flexibility index (Phi) is 8.37. The van der Waals surface area contributed by atoms with E-state index < -0.39 is 34.9 Å². The molecule has 0 spiro atoms. The Bertz CT molecular complexity index is 1370. The number of benzene rings is 4. The Morgan fingerprint density at radius 1 is 0.459 bits per heavy atom. The third-order valence-electron chi connectivity index (χ3n) is 6.50. The summed E-state index contributed by atoms with van der Waals surface area (Å²) in [5.74, 6) is -6.82. The zero-order chi connectivity index (χ0) is 26.5. The van der Waals surface area contributed by atoms with E-state index in [1.807, 2.05) is 24.3 Å². The van der Waals surface area contributed by atoms with Crippen LogP contribution in [0.5, 0.6) is 0 Å². The summed E-state index contributed by atoms with van der Waals surface area (Å²) in [5.41, 5.74) is 3.05. The average molecular weight is 513 g/mol. The third-order valence-corrected chi connectivity index (χ3v) is 6.50. The molecule has 0 nitrogen and oxygen atoms in total. The number of aryl methyl sites for hydroxylation is 5. The van der Waals surface area contributed by atoms with Crippen LogP contribution in [-0.4, -0.2) is 0 Å². The lowest BCUT2D eigenvalue weighted by molar-refractivity contribution is 0.445. The molecule has 0 atom stereocenters. The van der Waals surface area contributed by atoms with Crippen molar-refractivity contribution in [2.24, 2.45) is 0 Å². The fourth-order valence-corrected chi connectivity index (χ4v) is 4.39. The van der Waals surface area contributed by atoms with Crippen molar-refractivity contribution in [2.45, 2.75) is 45.4 Å². The van der Waals surface area contributed by atoms with Crippen LogP contribution in [-0.2, 0) is 32.1 Å². The highest BCUT2D eigenvalue weighted by Gasteiger charge is 2.17. The lowest BCUT2D eigenvalue weighted by atomic mass is 9.96. The summed E-state index contributed by atoms with van der Waals surface area (Å²) in [5, 5.41) is 0. The lowest BCUT2D eigenvalue weighted by Crippen LogP contribution is -2.01. The van der Waals surface area contributed by atoms with Crippen LogP contribution in [0.25, 0.3) is 11.1 Å². The van der Waals surface area contributed by atoms with Gasteiger partial charge >= 0.3 is 0 Å². The summed E-state index contributed by atoms with van der Waals surface area (Å²) in [6.45, 7) is 2.11. The van der Waals surface area contributed by atoms with Gasteiger partial charge in [0, 0.05) is 5.56 Å². The minimum atomic E-state index is -1.55. The molecule has 0 aliphatic carbocycles. The van der Waals surface area contributed by atoms with Crippen molar-refractivity contribution >= 4 is 0 Å². The second kappa shape index (κ2) is 11.7. The van der Waals surface area contributed by atoms with Crippen LogP contribution in [0.1, 0.15) is 41.2 Å². The molecule has 0 bridgehead atoms. The number of hydrogen-bond acceptors (Lipinski definition) is 0. The third kappa shape index (κ3) is 6.24. The summed E-state index contributed by atoms with van der Waals surface area (Å²) in [6, 6.07) is 16.8. The van der Waals surface area contributed by atoms with Gasteiger partial charge in [0.15, 0.2) is 29.1 Å². The normalized spacial score (nSPS) is 11.2. The molecule has 192 valence electrons. The van der Waals surface area contributed by atoms with Gasteiger partial charge in [-0.1, -0.05) is 61.9 Å². The number of hydrogen-bond donors (Lipinski definition) is 0. The Morgan fingerprint density at radius 3 is 1.65 bits per heavy atom. The van der Waals surface area contributed by atoms with Crippen molar-refractivity contribution < 1.29 is 26.3 Å². The van der Waals surface area contributed by atoms with E-state index in [1.165, 1.54) is 29.8 Å². The van der Waals surface area contributed by atoms with Crippen LogP contribution in [0.15, 0.2) is 66.7 Å². The largest absolute Gasteiger partial charge is 0.207 e.